The van der Waals surface area contributed by atoms with Crippen molar-refractivity contribution >= 4 is 48.9 Å². The Balaban J connectivity index is 1.06. The molecule has 4 nitrogen and oxygen atoms in total. The third-order valence-electron chi connectivity index (χ3n) is 10.8. The maximum absolute atomic E-state index is 6.85. The summed E-state index contributed by atoms with van der Waals surface area (Å²) in [6, 6.07) is 59.3. The first-order chi connectivity index (χ1) is 27.7. The van der Waals surface area contributed by atoms with Gasteiger partial charge >= 0.3 is 0 Å². The van der Waals surface area contributed by atoms with E-state index in [1.54, 1.807) is 0 Å². The maximum Gasteiger partial charge on any atom is 0.164 e. The Morgan fingerprint density at radius 2 is 1.07 bits per heavy atom. The summed E-state index contributed by atoms with van der Waals surface area (Å²) in [5.41, 5.74) is 13.0. The summed E-state index contributed by atoms with van der Waals surface area (Å²) in [7, 11) is 0. The molecule has 0 unspecified atom stereocenters. The molecule has 1 aliphatic rings. The number of furan rings is 1. The molecule has 0 amide bonds. The first kappa shape index (κ1) is 32.5. The number of aromatic nitrogens is 3. The molecule has 0 aliphatic heterocycles. The fraction of sp³-hybridized carbons (Fsp3) is 0.0392. The molecule has 7 aromatic carbocycles. The number of hydrogen-bond donors (Lipinski definition) is 0. The molecule has 0 N–H and O–H groups in total. The van der Waals surface area contributed by atoms with Gasteiger partial charge in [-0.1, -0.05) is 152 Å². The molecule has 5 heteroatoms. The number of hydrogen-bond acceptors (Lipinski definition) is 5. The first-order valence-corrected chi connectivity index (χ1v) is 19.8. The predicted molar refractivity (Wildman–Crippen MR) is 232 cm³/mol. The Morgan fingerprint density at radius 3 is 1.80 bits per heavy atom. The topological polar surface area (TPSA) is 51.8 Å². The molecule has 56 heavy (non-hydrogen) atoms. The van der Waals surface area contributed by atoms with Gasteiger partial charge in [0, 0.05) is 53.6 Å². The number of thiophene rings is 1. The normalized spacial score (nSPS) is 12.6. The van der Waals surface area contributed by atoms with Gasteiger partial charge in [-0.25, -0.2) is 15.0 Å². The molecule has 0 saturated heterocycles. The van der Waals surface area contributed by atoms with Crippen LogP contribution in [0.25, 0.3) is 94.0 Å². The van der Waals surface area contributed by atoms with Gasteiger partial charge in [0.1, 0.15) is 11.2 Å². The van der Waals surface area contributed by atoms with E-state index in [2.05, 4.69) is 115 Å². The largest absolute Gasteiger partial charge is 0.455 e. The van der Waals surface area contributed by atoms with Crippen molar-refractivity contribution in [2.24, 2.45) is 0 Å². The summed E-state index contributed by atoms with van der Waals surface area (Å²) in [4.78, 5) is 16.4. The van der Waals surface area contributed by atoms with Crippen molar-refractivity contribution in [1.82, 2.24) is 15.0 Å². The van der Waals surface area contributed by atoms with Crippen LogP contribution in [0, 0.1) is 0 Å². The highest BCUT2D eigenvalue weighted by Gasteiger charge is 2.25. The van der Waals surface area contributed by atoms with Crippen LogP contribution in [0.15, 0.2) is 180 Å². The van der Waals surface area contributed by atoms with Gasteiger partial charge in [0.05, 0.1) is 0 Å². The van der Waals surface area contributed by atoms with Gasteiger partial charge in [-0.3, -0.25) is 0 Å². The minimum atomic E-state index is 0.629. The summed E-state index contributed by atoms with van der Waals surface area (Å²) in [5, 5.41) is 3.51. The smallest absolute Gasteiger partial charge is 0.164 e. The van der Waals surface area contributed by atoms with E-state index in [1.165, 1.54) is 37.2 Å². The predicted octanol–water partition coefficient (Wildman–Crippen LogP) is 13.7. The van der Waals surface area contributed by atoms with Crippen molar-refractivity contribution < 1.29 is 4.42 Å². The summed E-state index contributed by atoms with van der Waals surface area (Å²) >= 11 is 1.93. The van der Waals surface area contributed by atoms with E-state index in [-0.39, 0.29) is 0 Å². The molecule has 0 fully saturated rings. The summed E-state index contributed by atoms with van der Waals surface area (Å²) < 4.78 is 8.18. The van der Waals surface area contributed by atoms with Crippen LogP contribution in [0.3, 0.4) is 0 Å². The third kappa shape index (κ3) is 5.55. The number of para-hydroxylation sites is 1. The van der Waals surface area contributed by atoms with Crippen LogP contribution in [0.2, 0.25) is 0 Å². The maximum atomic E-state index is 6.85. The van der Waals surface area contributed by atoms with E-state index in [0.29, 0.717) is 17.5 Å². The number of allylic oxidation sites excluding steroid dienone is 1. The van der Waals surface area contributed by atoms with E-state index in [4.69, 9.17) is 19.4 Å². The molecule has 0 bridgehead atoms. The van der Waals surface area contributed by atoms with Crippen molar-refractivity contribution in [1.29, 1.82) is 0 Å². The van der Waals surface area contributed by atoms with Crippen molar-refractivity contribution in [3.8, 4) is 56.4 Å². The number of nitrogens with zero attached hydrogens (tertiary/aromatic N) is 3. The fourth-order valence-electron chi connectivity index (χ4n) is 8.17. The SMILES string of the molecule is C1=C(c2ccc(-c3cccc(-c4nc(-c5ccccc5)nc(-c5ccccc5)n4)c3)c3c2oc2ccccc23)c2c(sc3cc(-c4ccccc4)ccc23)CC1. The lowest BCUT2D eigenvalue weighted by Crippen LogP contribution is -2.00. The Labute approximate surface area is 328 Å². The van der Waals surface area contributed by atoms with Gasteiger partial charge in [0.15, 0.2) is 17.5 Å². The molecular formula is C51H33N3OS. The molecule has 0 spiro atoms. The van der Waals surface area contributed by atoms with Gasteiger partial charge in [-0.2, -0.15) is 0 Å². The minimum absolute atomic E-state index is 0.629. The highest BCUT2D eigenvalue weighted by Crippen LogP contribution is 2.47. The van der Waals surface area contributed by atoms with Crippen molar-refractivity contribution in [2.45, 2.75) is 12.8 Å². The number of aryl methyl sites for hydroxylation is 1. The van der Waals surface area contributed by atoms with Gasteiger partial charge in [-0.05, 0) is 64.9 Å². The molecule has 0 radical (unpaired) electrons. The molecule has 3 aromatic heterocycles. The van der Waals surface area contributed by atoms with E-state index in [9.17, 15) is 0 Å². The fourth-order valence-corrected chi connectivity index (χ4v) is 9.44. The van der Waals surface area contributed by atoms with Crippen LogP contribution in [0.5, 0.6) is 0 Å². The van der Waals surface area contributed by atoms with Gasteiger partial charge in [0.25, 0.3) is 0 Å². The lowest BCUT2D eigenvalue weighted by atomic mass is 9.87. The number of rotatable bonds is 6. The van der Waals surface area contributed by atoms with Gasteiger partial charge in [-0.15, -0.1) is 11.3 Å². The van der Waals surface area contributed by atoms with Crippen LogP contribution < -0.4 is 0 Å². The molecule has 3 heterocycles. The average molecular weight is 736 g/mol. The van der Waals surface area contributed by atoms with Gasteiger partial charge in [0.2, 0.25) is 0 Å². The zero-order chi connectivity index (χ0) is 37.0. The van der Waals surface area contributed by atoms with Crippen LogP contribution in [-0.2, 0) is 6.42 Å². The summed E-state index contributed by atoms with van der Waals surface area (Å²) in [6.45, 7) is 0. The average Bonchev–Trinajstić information content (AvgIpc) is 3.86. The molecule has 0 atom stereocenters. The third-order valence-corrected chi connectivity index (χ3v) is 12.0. The van der Waals surface area contributed by atoms with Crippen LogP contribution in [0.4, 0.5) is 0 Å². The van der Waals surface area contributed by atoms with Crippen LogP contribution in [-0.4, -0.2) is 15.0 Å². The lowest BCUT2D eigenvalue weighted by Gasteiger charge is -2.17. The molecule has 1 aliphatic carbocycles. The minimum Gasteiger partial charge on any atom is -0.455 e. The van der Waals surface area contributed by atoms with E-state index < -0.39 is 0 Å². The van der Waals surface area contributed by atoms with Crippen LogP contribution in [0.1, 0.15) is 22.4 Å². The monoisotopic (exact) mass is 735 g/mol. The quantitative estimate of drug-likeness (QED) is 0.171. The Morgan fingerprint density at radius 1 is 0.464 bits per heavy atom. The van der Waals surface area contributed by atoms with Gasteiger partial charge < -0.3 is 4.42 Å². The lowest BCUT2D eigenvalue weighted by molar-refractivity contribution is 0.667. The molecule has 11 rings (SSSR count). The Hall–Kier alpha value is -6.95. The molecular weight excluding hydrogens is 703 g/mol. The second kappa shape index (κ2) is 13.4. The number of benzene rings is 7. The standard InChI is InChI=1S/C51H33N3OS/c1-4-14-32(15-5-1)35-26-27-42-45(31-35)56-44-25-13-23-39(46(42)44)40-29-28-38(47-41-22-10-11-24-43(41)55-48(40)47)36-20-12-21-37(30-36)51-53-49(33-16-6-2-7-17-33)52-50(54-51)34-18-8-3-9-19-34/h1-12,14-24,26-31H,13,25H2. The van der Waals surface area contributed by atoms with Crippen molar-refractivity contribution in [3.63, 3.8) is 0 Å². The Kier molecular flexibility index (Phi) is 7.78. The summed E-state index contributed by atoms with van der Waals surface area (Å²) in [5.74, 6) is 1.92. The number of fused-ring (bicyclic) bond motifs is 6. The van der Waals surface area contributed by atoms with E-state index >= 15 is 0 Å². The molecule has 0 saturated carbocycles. The van der Waals surface area contributed by atoms with E-state index in [1.807, 2.05) is 72.0 Å². The molecule has 10 aromatic rings. The van der Waals surface area contributed by atoms with Crippen molar-refractivity contribution in [3.05, 3.63) is 192 Å². The van der Waals surface area contributed by atoms with E-state index in [0.717, 1.165) is 68.2 Å². The Bertz CT molecular complexity index is 3070. The highest BCUT2D eigenvalue weighted by molar-refractivity contribution is 7.19. The molecule has 264 valence electrons. The summed E-state index contributed by atoms with van der Waals surface area (Å²) in [6.07, 6.45) is 4.45. The first-order valence-electron chi connectivity index (χ1n) is 19.0. The second-order valence-electron chi connectivity index (χ2n) is 14.2. The highest BCUT2D eigenvalue weighted by atomic mass is 32.1. The second-order valence-corrected chi connectivity index (χ2v) is 15.4. The zero-order valence-electron chi connectivity index (χ0n) is 30.3. The van der Waals surface area contributed by atoms with Crippen LogP contribution >= 0.6 is 11.3 Å². The zero-order valence-corrected chi connectivity index (χ0v) is 31.1. The van der Waals surface area contributed by atoms with Crippen molar-refractivity contribution in [2.75, 3.05) is 0 Å².